The van der Waals surface area contributed by atoms with Crippen molar-refractivity contribution in [1.82, 2.24) is 5.16 Å². The molecule has 1 saturated carbocycles. The Morgan fingerprint density at radius 2 is 2.13 bits per heavy atom. The summed E-state index contributed by atoms with van der Waals surface area (Å²) in [7, 11) is 0. The summed E-state index contributed by atoms with van der Waals surface area (Å²) in [6.45, 7) is 2.13. The van der Waals surface area contributed by atoms with E-state index in [2.05, 4.69) is 12.1 Å². The Morgan fingerprint density at radius 1 is 1.35 bits per heavy atom. The fourth-order valence-electron chi connectivity index (χ4n) is 2.46. The first-order valence-electron chi connectivity index (χ1n) is 7.65. The summed E-state index contributed by atoms with van der Waals surface area (Å²) in [5.41, 5.74) is 1.28. The van der Waals surface area contributed by atoms with E-state index in [4.69, 9.17) is 16.1 Å². The summed E-state index contributed by atoms with van der Waals surface area (Å²) in [6, 6.07) is 3.63. The number of halogens is 1. The molecule has 1 aromatic carbocycles. The number of ketones is 1. The van der Waals surface area contributed by atoms with E-state index < -0.39 is 0 Å². The molecule has 0 aliphatic heterocycles. The van der Waals surface area contributed by atoms with Crippen LogP contribution in [-0.2, 0) is 0 Å². The van der Waals surface area contributed by atoms with E-state index >= 15 is 0 Å². The summed E-state index contributed by atoms with van der Waals surface area (Å²) in [5.74, 6) is 2.05. The fraction of sp³-hybridized carbons (Fsp3) is 0.412. The van der Waals surface area contributed by atoms with Crippen LogP contribution in [0.2, 0.25) is 5.02 Å². The lowest BCUT2D eigenvalue weighted by molar-refractivity contribution is 0.103. The molecule has 0 radical (unpaired) electrons. The van der Waals surface area contributed by atoms with Crippen molar-refractivity contribution >= 4 is 40.9 Å². The van der Waals surface area contributed by atoms with Gasteiger partial charge in [-0.2, -0.15) is 0 Å². The highest BCUT2D eigenvalue weighted by molar-refractivity contribution is 8.02. The summed E-state index contributed by atoms with van der Waals surface area (Å²) >= 11 is 9.63. The number of benzene rings is 1. The van der Waals surface area contributed by atoms with Crippen LogP contribution in [0.25, 0.3) is 0 Å². The van der Waals surface area contributed by atoms with Crippen LogP contribution in [0.15, 0.2) is 32.6 Å². The molecule has 1 heterocycles. The van der Waals surface area contributed by atoms with Crippen molar-refractivity contribution in [3.05, 3.63) is 40.2 Å². The molecule has 1 aromatic heterocycles. The second-order valence-corrected chi connectivity index (χ2v) is 7.84. The number of hydrogen-bond donors (Lipinski definition) is 0. The Hall–Kier alpha value is -0.910. The average Bonchev–Trinajstić information content (AvgIpc) is 3.29. The highest BCUT2D eigenvalue weighted by Gasteiger charge is 2.33. The lowest BCUT2D eigenvalue weighted by Gasteiger charge is -2.13. The monoisotopic (exact) mass is 367 g/mol. The average molecular weight is 368 g/mol. The van der Waals surface area contributed by atoms with E-state index in [1.54, 1.807) is 29.7 Å². The Morgan fingerprint density at radius 3 is 2.78 bits per heavy atom. The van der Waals surface area contributed by atoms with Crippen molar-refractivity contribution in [2.45, 2.75) is 41.9 Å². The lowest BCUT2D eigenvalue weighted by Crippen LogP contribution is -2.05. The van der Waals surface area contributed by atoms with Crippen LogP contribution in [0, 0.1) is 0 Å². The van der Waals surface area contributed by atoms with E-state index in [1.165, 1.54) is 0 Å². The Bertz CT molecular complexity index is 725. The fourth-order valence-corrected chi connectivity index (χ4v) is 4.80. The van der Waals surface area contributed by atoms with Gasteiger partial charge in [0.05, 0.1) is 16.8 Å². The number of nitrogens with zero attached hydrogens (tertiary/aromatic N) is 1. The maximum atomic E-state index is 13.0. The van der Waals surface area contributed by atoms with E-state index in [1.807, 2.05) is 18.4 Å². The van der Waals surface area contributed by atoms with Crippen molar-refractivity contribution in [2.75, 3.05) is 12.0 Å². The maximum Gasteiger partial charge on any atom is 0.199 e. The Balaban J connectivity index is 2.01. The van der Waals surface area contributed by atoms with E-state index in [0.717, 1.165) is 40.6 Å². The molecule has 0 N–H and O–H groups in total. The Labute approximate surface area is 149 Å². The number of rotatable bonds is 7. The standard InChI is InChI=1S/C17H18ClNO2S2/c1-3-8-23-17-13(18)7-6-11(16(17)22-2)14(20)12-9-19-21-15(12)10-4-5-10/h6-7,9-10H,3-5,8H2,1-2H3. The second-order valence-electron chi connectivity index (χ2n) is 5.51. The zero-order chi connectivity index (χ0) is 16.4. The second kappa shape index (κ2) is 7.32. The first-order chi connectivity index (χ1) is 11.2. The van der Waals surface area contributed by atoms with Crippen molar-refractivity contribution in [2.24, 2.45) is 0 Å². The first kappa shape index (κ1) is 16.9. The molecule has 3 rings (SSSR count). The van der Waals surface area contributed by atoms with Crippen molar-refractivity contribution in [3.8, 4) is 0 Å². The van der Waals surface area contributed by atoms with Gasteiger partial charge in [0.1, 0.15) is 0 Å². The molecule has 0 saturated heterocycles. The third kappa shape index (κ3) is 3.47. The molecule has 1 aliphatic rings. The van der Waals surface area contributed by atoms with Gasteiger partial charge in [-0.3, -0.25) is 4.79 Å². The molecule has 23 heavy (non-hydrogen) atoms. The third-order valence-electron chi connectivity index (χ3n) is 3.75. The van der Waals surface area contributed by atoms with Gasteiger partial charge >= 0.3 is 0 Å². The topological polar surface area (TPSA) is 43.1 Å². The number of carbonyl (C=O) groups excluding carboxylic acids is 1. The van der Waals surface area contributed by atoms with Gasteiger partial charge in [-0.1, -0.05) is 23.7 Å². The van der Waals surface area contributed by atoms with Gasteiger partial charge in [0.2, 0.25) is 0 Å². The SMILES string of the molecule is CCCSc1c(Cl)ccc(C(=O)c2cnoc2C2CC2)c1SC. The minimum atomic E-state index is -0.0208. The number of hydrogen-bond acceptors (Lipinski definition) is 5. The van der Waals surface area contributed by atoms with E-state index in [-0.39, 0.29) is 5.78 Å². The molecule has 122 valence electrons. The quantitative estimate of drug-likeness (QED) is 0.466. The number of thioether (sulfide) groups is 2. The molecule has 0 atom stereocenters. The zero-order valence-electron chi connectivity index (χ0n) is 13.1. The van der Waals surface area contributed by atoms with Gasteiger partial charge in [-0.15, -0.1) is 23.5 Å². The van der Waals surface area contributed by atoms with Crippen LogP contribution in [0.3, 0.4) is 0 Å². The molecule has 1 fully saturated rings. The van der Waals surface area contributed by atoms with Crippen LogP contribution in [0.1, 0.15) is 53.8 Å². The minimum Gasteiger partial charge on any atom is -0.360 e. The van der Waals surface area contributed by atoms with Gasteiger partial charge in [-0.05, 0) is 43.4 Å². The molecular formula is C17H18ClNO2S2. The molecule has 3 nitrogen and oxygen atoms in total. The van der Waals surface area contributed by atoms with Crippen LogP contribution >= 0.6 is 35.1 Å². The molecule has 1 aliphatic carbocycles. The molecule has 6 heteroatoms. The van der Waals surface area contributed by atoms with Crippen LogP contribution in [0.5, 0.6) is 0 Å². The maximum absolute atomic E-state index is 13.0. The first-order valence-corrected chi connectivity index (χ1v) is 10.2. The molecular weight excluding hydrogens is 350 g/mol. The van der Waals surface area contributed by atoms with Crippen molar-refractivity contribution in [3.63, 3.8) is 0 Å². The van der Waals surface area contributed by atoms with Crippen molar-refractivity contribution < 1.29 is 9.32 Å². The van der Waals surface area contributed by atoms with Crippen LogP contribution in [-0.4, -0.2) is 22.9 Å². The van der Waals surface area contributed by atoms with Gasteiger partial charge in [0, 0.05) is 21.3 Å². The van der Waals surface area contributed by atoms with Crippen LogP contribution < -0.4 is 0 Å². The predicted octanol–water partition coefficient (Wildman–Crippen LogP) is 5.66. The minimum absolute atomic E-state index is 0.0208. The molecule has 0 amide bonds. The van der Waals surface area contributed by atoms with Gasteiger partial charge in [-0.25, -0.2) is 0 Å². The molecule has 0 unspecified atom stereocenters. The van der Waals surface area contributed by atoms with Crippen LogP contribution in [0.4, 0.5) is 0 Å². The number of carbonyl (C=O) groups is 1. The third-order valence-corrected chi connectivity index (χ3v) is 6.47. The summed E-state index contributed by atoms with van der Waals surface area (Å²) in [4.78, 5) is 15.0. The highest BCUT2D eigenvalue weighted by atomic mass is 35.5. The number of aromatic nitrogens is 1. The smallest absolute Gasteiger partial charge is 0.199 e. The van der Waals surface area contributed by atoms with Gasteiger partial charge in [0.25, 0.3) is 0 Å². The summed E-state index contributed by atoms with van der Waals surface area (Å²) in [6.07, 6.45) is 6.73. The summed E-state index contributed by atoms with van der Waals surface area (Å²) < 4.78 is 5.31. The predicted molar refractivity (Wildman–Crippen MR) is 96.2 cm³/mol. The van der Waals surface area contributed by atoms with E-state index in [9.17, 15) is 4.79 Å². The van der Waals surface area contributed by atoms with E-state index in [0.29, 0.717) is 22.1 Å². The van der Waals surface area contributed by atoms with Gasteiger partial charge in [0.15, 0.2) is 11.5 Å². The summed E-state index contributed by atoms with van der Waals surface area (Å²) in [5, 5.41) is 4.55. The zero-order valence-corrected chi connectivity index (χ0v) is 15.5. The molecule has 2 aromatic rings. The largest absolute Gasteiger partial charge is 0.360 e. The highest BCUT2D eigenvalue weighted by Crippen LogP contribution is 2.43. The van der Waals surface area contributed by atoms with Crippen molar-refractivity contribution in [1.29, 1.82) is 0 Å². The normalized spacial score (nSPS) is 14.2. The molecule has 0 bridgehead atoms. The molecule has 0 spiro atoms. The Kier molecular flexibility index (Phi) is 5.39. The van der Waals surface area contributed by atoms with Gasteiger partial charge < -0.3 is 4.52 Å². The lowest BCUT2D eigenvalue weighted by atomic mass is 10.0.